The van der Waals surface area contributed by atoms with Crippen LogP contribution in [-0.2, 0) is 0 Å². The maximum atomic E-state index is 10.3. The van der Waals surface area contributed by atoms with Gasteiger partial charge in [-0.3, -0.25) is 0 Å². The third kappa shape index (κ3) is 4.83. The molecule has 0 radical (unpaired) electrons. The highest BCUT2D eigenvalue weighted by molar-refractivity contribution is 6.13. The summed E-state index contributed by atoms with van der Waals surface area (Å²) < 4.78 is 4.76. The van der Waals surface area contributed by atoms with Gasteiger partial charge < -0.3 is 9.13 Å². The second-order valence-corrected chi connectivity index (χ2v) is 13.6. The molecule has 0 unspecified atom stereocenters. The van der Waals surface area contributed by atoms with Crippen molar-refractivity contribution in [2.24, 2.45) is 0 Å². The number of rotatable bonds is 5. The van der Waals surface area contributed by atoms with E-state index in [-0.39, 0.29) is 0 Å². The summed E-state index contributed by atoms with van der Waals surface area (Å²) in [6.45, 7) is 0. The van der Waals surface area contributed by atoms with Gasteiger partial charge in [-0.25, -0.2) is 0 Å². The van der Waals surface area contributed by atoms with E-state index in [1.54, 1.807) is 12.1 Å². The minimum Gasteiger partial charge on any atom is -0.309 e. The normalized spacial score (nSPS) is 11.3. The Morgan fingerprint density at radius 1 is 0.352 bits per heavy atom. The molecule has 0 aliphatic heterocycles. The molecule has 4 nitrogen and oxygen atoms in total. The minimum atomic E-state index is 0.509. The predicted octanol–water partition coefficient (Wildman–Crippen LogP) is 12.6. The average molecular weight is 687 g/mol. The highest BCUT2D eigenvalue weighted by atomic mass is 15.0. The minimum absolute atomic E-state index is 0.509. The van der Waals surface area contributed by atoms with Crippen molar-refractivity contribution in [3.05, 3.63) is 193 Å². The number of aromatic nitrogens is 2. The van der Waals surface area contributed by atoms with Crippen molar-refractivity contribution in [1.29, 1.82) is 10.5 Å². The third-order valence-electron chi connectivity index (χ3n) is 10.6. The van der Waals surface area contributed by atoms with Crippen molar-refractivity contribution in [2.75, 3.05) is 0 Å². The molecule has 10 rings (SSSR count). The number of nitrogens with zero attached hydrogens (tertiary/aromatic N) is 4. The first-order valence-electron chi connectivity index (χ1n) is 18.0. The molecular weight excluding hydrogens is 657 g/mol. The molecule has 0 N–H and O–H groups in total. The summed E-state index contributed by atoms with van der Waals surface area (Å²) in [6.07, 6.45) is 0. The van der Waals surface area contributed by atoms with Gasteiger partial charge in [-0.2, -0.15) is 10.5 Å². The number of para-hydroxylation sites is 3. The number of hydrogen-bond acceptors (Lipinski definition) is 2. The van der Waals surface area contributed by atoms with E-state index in [0.717, 1.165) is 66.6 Å². The first kappa shape index (κ1) is 31.1. The highest BCUT2D eigenvalue weighted by Crippen LogP contribution is 2.44. The van der Waals surface area contributed by atoms with Crippen LogP contribution >= 0.6 is 0 Å². The Hall–Kier alpha value is -7.66. The van der Waals surface area contributed by atoms with Crippen LogP contribution in [0.3, 0.4) is 0 Å². The van der Waals surface area contributed by atoms with Crippen molar-refractivity contribution >= 4 is 43.6 Å². The van der Waals surface area contributed by atoms with Gasteiger partial charge in [0.2, 0.25) is 0 Å². The molecule has 0 aliphatic rings. The van der Waals surface area contributed by atoms with Crippen LogP contribution in [0.4, 0.5) is 0 Å². The molecule has 0 fully saturated rings. The molecule has 0 bridgehead atoms. The number of nitriles is 2. The fourth-order valence-corrected chi connectivity index (χ4v) is 8.20. The summed E-state index contributed by atoms with van der Waals surface area (Å²) >= 11 is 0. The monoisotopic (exact) mass is 686 g/mol. The maximum absolute atomic E-state index is 10.3. The van der Waals surface area contributed by atoms with Gasteiger partial charge in [0.1, 0.15) is 0 Å². The molecule has 250 valence electrons. The largest absolute Gasteiger partial charge is 0.309 e. The van der Waals surface area contributed by atoms with E-state index in [2.05, 4.69) is 161 Å². The van der Waals surface area contributed by atoms with Gasteiger partial charge >= 0.3 is 0 Å². The summed E-state index contributed by atoms with van der Waals surface area (Å²) in [7, 11) is 0. The second-order valence-electron chi connectivity index (χ2n) is 13.6. The molecule has 0 amide bonds. The van der Waals surface area contributed by atoms with Gasteiger partial charge in [0, 0.05) is 38.4 Å². The summed E-state index contributed by atoms with van der Waals surface area (Å²) in [5.74, 6) is 0. The van der Waals surface area contributed by atoms with Gasteiger partial charge in [-0.1, -0.05) is 115 Å². The number of hydrogen-bond donors (Lipinski definition) is 0. The molecule has 0 spiro atoms. The molecule has 4 heteroatoms. The zero-order valence-electron chi connectivity index (χ0n) is 29.1. The van der Waals surface area contributed by atoms with Crippen molar-refractivity contribution < 1.29 is 0 Å². The molecule has 0 atom stereocenters. The fourth-order valence-electron chi connectivity index (χ4n) is 8.20. The average Bonchev–Trinajstić information content (AvgIpc) is 3.76. The van der Waals surface area contributed by atoms with E-state index in [1.807, 2.05) is 30.3 Å². The lowest BCUT2D eigenvalue weighted by Gasteiger charge is -2.20. The molecule has 8 aromatic carbocycles. The topological polar surface area (TPSA) is 57.4 Å². The zero-order chi connectivity index (χ0) is 36.2. The van der Waals surface area contributed by atoms with E-state index >= 15 is 0 Å². The molecular formula is C50H30N4. The number of fused-ring (bicyclic) bond motifs is 6. The Bertz CT molecular complexity index is 3120. The highest BCUT2D eigenvalue weighted by Gasteiger charge is 2.22. The van der Waals surface area contributed by atoms with Gasteiger partial charge in [0.05, 0.1) is 51.0 Å². The van der Waals surface area contributed by atoms with Crippen molar-refractivity contribution in [3.63, 3.8) is 0 Å². The van der Waals surface area contributed by atoms with Crippen LogP contribution in [0.1, 0.15) is 11.1 Å². The summed E-state index contributed by atoms with van der Waals surface area (Å²) in [4.78, 5) is 0. The molecule has 10 aromatic rings. The van der Waals surface area contributed by atoms with E-state index in [4.69, 9.17) is 0 Å². The summed E-state index contributed by atoms with van der Waals surface area (Å²) in [6, 6.07) is 67.9. The Labute approximate surface area is 312 Å². The van der Waals surface area contributed by atoms with Gasteiger partial charge in [-0.05, 0) is 89.0 Å². The Balaban J connectivity index is 1.31. The van der Waals surface area contributed by atoms with Crippen molar-refractivity contribution in [2.45, 2.75) is 0 Å². The van der Waals surface area contributed by atoms with Crippen LogP contribution in [0.2, 0.25) is 0 Å². The fraction of sp³-hybridized carbons (Fsp3) is 0. The van der Waals surface area contributed by atoms with Crippen molar-refractivity contribution in [3.8, 4) is 56.9 Å². The Morgan fingerprint density at radius 2 is 0.889 bits per heavy atom. The Morgan fingerprint density at radius 3 is 1.50 bits per heavy atom. The molecule has 54 heavy (non-hydrogen) atoms. The van der Waals surface area contributed by atoms with Gasteiger partial charge in [0.15, 0.2) is 0 Å². The summed E-state index contributed by atoms with van der Waals surface area (Å²) in [5, 5.41) is 25.0. The Kier molecular flexibility index (Phi) is 7.22. The van der Waals surface area contributed by atoms with E-state index in [1.165, 1.54) is 21.8 Å². The molecule has 2 heterocycles. The van der Waals surface area contributed by atoms with Crippen molar-refractivity contribution in [1.82, 2.24) is 9.13 Å². The SMILES string of the molecule is N#Cc1ccc(C#N)c(-c2cc(-c3ccccc3)c(-n3c4ccccc4c4cc(-n5c6ccccc6c6ccccc65)ccc43)cc2-c2ccccc2)c1. The van der Waals surface area contributed by atoms with Crippen LogP contribution in [0, 0.1) is 22.7 Å². The lowest BCUT2D eigenvalue weighted by molar-refractivity contribution is 1.17. The van der Waals surface area contributed by atoms with Crippen LogP contribution in [0.5, 0.6) is 0 Å². The van der Waals surface area contributed by atoms with Crippen LogP contribution in [0.25, 0.3) is 88.4 Å². The quantitative estimate of drug-likeness (QED) is 0.181. The van der Waals surface area contributed by atoms with Crippen LogP contribution in [-0.4, -0.2) is 9.13 Å². The molecule has 0 saturated heterocycles. The van der Waals surface area contributed by atoms with E-state index in [0.29, 0.717) is 11.1 Å². The van der Waals surface area contributed by atoms with Crippen LogP contribution < -0.4 is 0 Å². The van der Waals surface area contributed by atoms with E-state index in [9.17, 15) is 10.5 Å². The smallest absolute Gasteiger partial charge is 0.0998 e. The zero-order valence-corrected chi connectivity index (χ0v) is 29.1. The number of benzene rings is 8. The molecule has 0 saturated carbocycles. The van der Waals surface area contributed by atoms with Gasteiger partial charge in [-0.15, -0.1) is 0 Å². The first-order chi connectivity index (χ1) is 26.7. The van der Waals surface area contributed by atoms with Gasteiger partial charge in [0.25, 0.3) is 0 Å². The second kappa shape index (κ2) is 12.5. The standard InChI is InChI=1S/C50H30N4/c51-31-33-23-24-36(32-52)41(27-33)44-29-43(35-15-5-2-6-16-35)50(30-42(44)34-13-3-1-4-14-34)54-48-22-12-9-19-40(48)45-28-37(25-26-49(45)54)53-46-20-10-7-17-38(46)39-18-8-11-21-47(39)53/h1-30H. The lowest BCUT2D eigenvalue weighted by atomic mass is 9.87. The maximum Gasteiger partial charge on any atom is 0.0998 e. The third-order valence-corrected chi connectivity index (χ3v) is 10.6. The molecule has 0 aliphatic carbocycles. The van der Waals surface area contributed by atoms with Crippen LogP contribution in [0.15, 0.2) is 182 Å². The van der Waals surface area contributed by atoms with E-state index < -0.39 is 0 Å². The molecule has 2 aromatic heterocycles. The predicted molar refractivity (Wildman–Crippen MR) is 221 cm³/mol. The first-order valence-corrected chi connectivity index (χ1v) is 18.0. The summed E-state index contributed by atoms with van der Waals surface area (Å²) in [5.41, 5.74) is 13.4. The lowest BCUT2D eigenvalue weighted by Crippen LogP contribution is -2.01.